The molecule has 2 aliphatic rings. The van der Waals surface area contributed by atoms with Gasteiger partial charge in [-0.15, -0.1) is 0 Å². The topological polar surface area (TPSA) is 85.3 Å². The van der Waals surface area contributed by atoms with Crippen molar-refractivity contribution in [1.29, 1.82) is 0 Å². The number of nitrogens with one attached hydrogen (secondary N) is 1. The van der Waals surface area contributed by atoms with Crippen LogP contribution in [0.25, 0.3) is 0 Å². The molecule has 8 nitrogen and oxygen atoms in total. The minimum Gasteiger partial charge on any atom is -0.489 e. The number of amides is 2. The van der Waals surface area contributed by atoms with Gasteiger partial charge in [0.2, 0.25) is 5.91 Å². The summed E-state index contributed by atoms with van der Waals surface area (Å²) in [5.74, 6) is -3.60. The molecule has 10 heteroatoms. The quantitative estimate of drug-likeness (QED) is 0.509. The fourth-order valence-electron chi connectivity index (χ4n) is 4.50. The van der Waals surface area contributed by atoms with Crippen LogP contribution < -0.4 is 15.0 Å². The number of nitrogens with zero attached hydrogens (tertiary/aromatic N) is 3. The first-order valence-electron chi connectivity index (χ1n) is 11.2. The number of carbonyl (C=O) groups is 2. The van der Waals surface area contributed by atoms with Gasteiger partial charge in [0.05, 0.1) is 12.0 Å². The fourth-order valence-corrected chi connectivity index (χ4v) is 4.50. The van der Waals surface area contributed by atoms with E-state index in [-0.39, 0.29) is 24.6 Å². The number of rotatable bonds is 5. The third-order valence-electron chi connectivity index (χ3n) is 6.29. The molecule has 34 heavy (non-hydrogen) atoms. The Balaban J connectivity index is 1.41. The van der Waals surface area contributed by atoms with E-state index < -0.39 is 35.6 Å². The molecule has 2 amide bonds. The molecule has 0 spiro atoms. The number of hydrogen-bond donors (Lipinski definition) is 2. The monoisotopic (exact) mass is 474 g/mol. The number of ether oxygens (including phenoxy) is 1. The molecule has 2 fully saturated rings. The number of piperidine rings is 1. The molecule has 0 bridgehead atoms. The van der Waals surface area contributed by atoms with Crippen molar-refractivity contribution in [3.05, 3.63) is 60.2 Å². The van der Waals surface area contributed by atoms with Gasteiger partial charge in [-0.25, -0.2) is 13.8 Å². The lowest BCUT2D eigenvalue weighted by Crippen LogP contribution is -2.62. The van der Waals surface area contributed by atoms with Crippen LogP contribution in [0.3, 0.4) is 0 Å². The summed E-state index contributed by atoms with van der Waals surface area (Å²) in [6.45, 7) is 2.59. The Kier molecular flexibility index (Phi) is 7.28. The summed E-state index contributed by atoms with van der Waals surface area (Å²) in [6, 6.07) is 12.3. The standard InChI is InChI=1S/C24H28F2N4O4/c1-28(33)23(31)19-13-18(34-17-7-8-20(25)21(26)14-17)15-27-22(19)24(32)30-11-9-29(10-12-30)16-5-3-2-4-6-16/h2-8,14,18-19,22,27,33H,9-13,15H2,1H3/t18-,19-,22-/m0/s1. The summed E-state index contributed by atoms with van der Waals surface area (Å²) in [7, 11) is 1.21. The Morgan fingerprint density at radius 3 is 2.41 bits per heavy atom. The number of piperazine rings is 1. The average molecular weight is 475 g/mol. The summed E-state index contributed by atoms with van der Waals surface area (Å²) < 4.78 is 32.5. The molecule has 2 aromatic carbocycles. The number of para-hydroxylation sites is 1. The molecule has 0 saturated carbocycles. The van der Waals surface area contributed by atoms with Crippen molar-refractivity contribution >= 4 is 17.5 Å². The predicted octanol–water partition coefficient (Wildman–Crippen LogP) is 1.89. The van der Waals surface area contributed by atoms with E-state index >= 15 is 0 Å². The smallest absolute Gasteiger partial charge is 0.251 e. The van der Waals surface area contributed by atoms with E-state index in [0.29, 0.717) is 31.2 Å². The van der Waals surface area contributed by atoms with Crippen molar-refractivity contribution < 1.29 is 28.3 Å². The molecule has 2 aliphatic heterocycles. The van der Waals surface area contributed by atoms with Gasteiger partial charge in [0.25, 0.3) is 5.91 Å². The fraction of sp³-hybridized carbons (Fsp3) is 0.417. The SMILES string of the molecule is CN(O)C(=O)[C@H]1C[C@H](Oc2ccc(F)c(F)c2)CN[C@@H]1C(=O)N1CCN(c2ccccc2)CC1. The normalized spacial score (nSPS) is 22.9. The van der Waals surface area contributed by atoms with Crippen molar-refractivity contribution in [2.75, 3.05) is 44.7 Å². The van der Waals surface area contributed by atoms with Crippen LogP contribution in [0, 0.1) is 17.6 Å². The lowest BCUT2D eigenvalue weighted by Gasteiger charge is -2.41. The Bertz CT molecular complexity index is 1020. The first kappa shape index (κ1) is 23.9. The van der Waals surface area contributed by atoms with E-state index in [2.05, 4.69) is 10.2 Å². The van der Waals surface area contributed by atoms with Gasteiger partial charge in [-0.3, -0.25) is 14.8 Å². The van der Waals surface area contributed by atoms with E-state index in [0.717, 1.165) is 17.8 Å². The molecular formula is C24H28F2N4O4. The molecule has 4 rings (SSSR count). The second kappa shape index (κ2) is 10.4. The maximum absolute atomic E-state index is 13.5. The largest absolute Gasteiger partial charge is 0.489 e. The Morgan fingerprint density at radius 1 is 1.06 bits per heavy atom. The third kappa shape index (κ3) is 5.28. The Labute approximate surface area is 196 Å². The van der Waals surface area contributed by atoms with Gasteiger partial charge >= 0.3 is 0 Å². The van der Waals surface area contributed by atoms with Gasteiger partial charge in [-0.1, -0.05) is 18.2 Å². The predicted molar refractivity (Wildman–Crippen MR) is 120 cm³/mol. The minimum absolute atomic E-state index is 0.121. The van der Waals surface area contributed by atoms with Crippen LogP contribution in [0.5, 0.6) is 5.75 Å². The molecule has 2 N–H and O–H groups in total. The number of hydroxylamine groups is 2. The zero-order valence-electron chi connectivity index (χ0n) is 18.9. The van der Waals surface area contributed by atoms with Crippen molar-refractivity contribution in [3.63, 3.8) is 0 Å². The van der Waals surface area contributed by atoms with E-state index in [9.17, 15) is 23.6 Å². The van der Waals surface area contributed by atoms with E-state index in [4.69, 9.17) is 4.74 Å². The minimum atomic E-state index is -1.04. The zero-order valence-corrected chi connectivity index (χ0v) is 18.9. The molecule has 0 aromatic heterocycles. The molecule has 0 radical (unpaired) electrons. The molecule has 0 unspecified atom stereocenters. The third-order valence-corrected chi connectivity index (χ3v) is 6.29. The summed E-state index contributed by atoms with van der Waals surface area (Å²) in [5, 5.41) is 13.3. The number of carbonyl (C=O) groups excluding carboxylic acids is 2. The van der Waals surface area contributed by atoms with E-state index in [1.54, 1.807) is 4.90 Å². The van der Waals surface area contributed by atoms with E-state index in [1.807, 2.05) is 30.3 Å². The second-order valence-corrected chi connectivity index (χ2v) is 8.55. The van der Waals surface area contributed by atoms with Crippen LogP contribution >= 0.6 is 0 Å². The maximum Gasteiger partial charge on any atom is 0.251 e. The molecule has 0 aliphatic carbocycles. The zero-order chi connectivity index (χ0) is 24.2. The summed E-state index contributed by atoms with van der Waals surface area (Å²) in [4.78, 5) is 30.0. The molecule has 3 atom stereocenters. The van der Waals surface area contributed by atoms with Crippen LogP contribution in [0.2, 0.25) is 0 Å². The van der Waals surface area contributed by atoms with Crippen LogP contribution in [0.1, 0.15) is 6.42 Å². The number of benzene rings is 2. The lowest BCUT2D eigenvalue weighted by atomic mass is 9.87. The summed E-state index contributed by atoms with van der Waals surface area (Å²) >= 11 is 0. The maximum atomic E-state index is 13.5. The van der Waals surface area contributed by atoms with Crippen molar-refractivity contribution in [2.24, 2.45) is 5.92 Å². The average Bonchev–Trinajstić information content (AvgIpc) is 2.86. The van der Waals surface area contributed by atoms with Gasteiger partial charge < -0.3 is 19.9 Å². The lowest BCUT2D eigenvalue weighted by molar-refractivity contribution is -0.169. The van der Waals surface area contributed by atoms with Crippen LogP contribution in [0.15, 0.2) is 48.5 Å². The van der Waals surface area contributed by atoms with Crippen LogP contribution in [0.4, 0.5) is 14.5 Å². The Morgan fingerprint density at radius 2 is 1.76 bits per heavy atom. The first-order chi connectivity index (χ1) is 16.3. The highest BCUT2D eigenvalue weighted by Crippen LogP contribution is 2.26. The molecule has 2 saturated heterocycles. The Hall–Kier alpha value is -3.24. The van der Waals surface area contributed by atoms with Crippen molar-refractivity contribution in [2.45, 2.75) is 18.6 Å². The molecule has 2 aromatic rings. The molecule has 2 heterocycles. The van der Waals surface area contributed by atoms with Gasteiger partial charge in [-0.05, 0) is 30.7 Å². The number of hydrogen-bond acceptors (Lipinski definition) is 6. The van der Waals surface area contributed by atoms with Gasteiger partial charge in [0, 0.05) is 51.5 Å². The second-order valence-electron chi connectivity index (χ2n) is 8.55. The molecular weight excluding hydrogens is 446 g/mol. The highest BCUT2D eigenvalue weighted by Gasteiger charge is 2.43. The summed E-state index contributed by atoms with van der Waals surface area (Å²) in [6.07, 6.45) is -0.437. The van der Waals surface area contributed by atoms with Gasteiger partial charge in [0.15, 0.2) is 11.6 Å². The van der Waals surface area contributed by atoms with Crippen molar-refractivity contribution in [1.82, 2.24) is 15.3 Å². The number of anilines is 1. The van der Waals surface area contributed by atoms with E-state index in [1.165, 1.54) is 13.1 Å². The van der Waals surface area contributed by atoms with Crippen LogP contribution in [-0.2, 0) is 9.59 Å². The van der Waals surface area contributed by atoms with Crippen LogP contribution in [-0.4, -0.2) is 78.9 Å². The highest BCUT2D eigenvalue weighted by atomic mass is 19.2. The van der Waals surface area contributed by atoms with Gasteiger partial charge in [0.1, 0.15) is 11.9 Å². The number of halogens is 2. The first-order valence-corrected chi connectivity index (χ1v) is 11.2. The van der Waals surface area contributed by atoms with Gasteiger partial charge in [-0.2, -0.15) is 0 Å². The highest BCUT2D eigenvalue weighted by molar-refractivity contribution is 5.90. The van der Waals surface area contributed by atoms with Crippen molar-refractivity contribution in [3.8, 4) is 5.75 Å². The summed E-state index contributed by atoms with van der Waals surface area (Å²) in [5.41, 5.74) is 1.09. The molecule has 182 valence electrons.